The normalized spacial score (nSPS) is 11.2. The van der Waals surface area contributed by atoms with E-state index in [0.29, 0.717) is 5.02 Å². The van der Waals surface area contributed by atoms with Crippen molar-refractivity contribution in [3.8, 4) is 0 Å². The van der Waals surface area contributed by atoms with Crippen LogP contribution in [-0.2, 0) is 0 Å². The van der Waals surface area contributed by atoms with Crippen LogP contribution in [0.3, 0.4) is 0 Å². The van der Waals surface area contributed by atoms with Gasteiger partial charge in [-0.25, -0.2) is 4.98 Å². The van der Waals surface area contributed by atoms with Gasteiger partial charge in [0.2, 0.25) is 0 Å². The van der Waals surface area contributed by atoms with Gasteiger partial charge in [-0.2, -0.15) is 0 Å². The van der Waals surface area contributed by atoms with Gasteiger partial charge in [-0.15, -0.1) is 0 Å². The molecule has 4 heteroatoms. The number of H-pyrrole nitrogens is 1. The van der Waals surface area contributed by atoms with E-state index in [4.69, 9.17) is 11.6 Å². The van der Waals surface area contributed by atoms with Gasteiger partial charge in [0.05, 0.1) is 16.7 Å². The maximum Gasteiger partial charge on any atom is 0.138 e. The van der Waals surface area contributed by atoms with E-state index < -0.39 is 0 Å². The van der Waals surface area contributed by atoms with Crippen molar-refractivity contribution < 1.29 is 0 Å². The van der Waals surface area contributed by atoms with Crippen molar-refractivity contribution in [3.63, 3.8) is 0 Å². The van der Waals surface area contributed by atoms with Gasteiger partial charge < -0.3 is 4.98 Å². The summed E-state index contributed by atoms with van der Waals surface area (Å²) in [6.07, 6.45) is 5.26. The van der Waals surface area contributed by atoms with Crippen LogP contribution in [-0.4, -0.2) is 15.0 Å². The molecule has 0 saturated carbocycles. The molecule has 0 aromatic carbocycles. The molecule has 3 nitrogen and oxygen atoms in total. The first-order valence-electron chi connectivity index (χ1n) is 4.22. The molecule has 0 unspecified atom stereocenters. The van der Waals surface area contributed by atoms with Crippen molar-refractivity contribution in [1.82, 2.24) is 15.0 Å². The second kappa shape index (κ2) is 2.69. The molecule has 3 aromatic heterocycles. The van der Waals surface area contributed by atoms with E-state index >= 15 is 0 Å². The zero-order chi connectivity index (χ0) is 9.54. The highest BCUT2D eigenvalue weighted by atomic mass is 35.5. The maximum atomic E-state index is 6.11. The Morgan fingerprint density at radius 2 is 2.14 bits per heavy atom. The van der Waals surface area contributed by atoms with Gasteiger partial charge in [0.15, 0.2) is 0 Å². The molecule has 68 valence electrons. The molecule has 0 aliphatic rings. The van der Waals surface area contributed by atoms with Crippen LogP contribution in [0.2, 0.25) is 5.02 Å². The van der Waals surface area contributed by atoms with Crippen LogP contribution in [0.5, 0.6) is 0 Å². The molecule has 0 fully saturated rings. The summed E-state index contributed by atoms with van der Waals surface area (Å²) in [5.41, 5.74) is 1.66. The number of hydrogen-bond acceptors (Lipinski definition) is 2. The van der Waals surface area contributed by atoms with E-state index in [2.05, 4.69) is 15.0 Å². The highest BCUT2D eigenvalue weighted by molar-refractivity contribution is 6.37. The van der Waals surface area contributed by atoms with E-state index in [9.17, 15) is 0 Å². The Morgan fingerprint density at radius 1 is 1.21 bits per heavy atom. The Morgan fingerprint density at radius 3 is 3.07 bits per heavy atom. The average Bonchev–Trinajstić information content (AvgIpc) is 2.65. The predicted octanol–water partition coefficient (Wildman–Crippen LogP) is 2.76. The summed E-state index contributed by atoms with van der Waals surface area (Å²) in [6, 6.07) is 3.74. The number of rotatable bonds is 0. The summed E-state index contributed by atoms with van der Waals surface area (Å²) < 4.78 is 0. The third-order valence-corrected chi connectivity index (χ3v) is 2.55. The van der Waals surface area contributed by atoms with Gasteiger partial charge in [0.1, 0.15) is 5.65 Å². The molecular weight excluding hydrogens is 198 g/mol. The van der Waals surface area contributed by atoms with Crippen LogP contribution >= 0.6 is 11.6 Å². The van der Waals surface area contributed by atoms with E-state index in [0.717, 1.165) is 21.9 Å². The largest absolute Gasteiger partial charge is 0.346 e. The number of fused-ring (bicyclic) bond motifs is 3. The van der Waals surface area contributed by atoms with Crippen LogP contribution in [0.15, 0.2) is 30.7 Å². The summed E-state index contributed by atoms with van der Waals surface area (Å²) in [7, 11) is 0. The summed E-state index contributed by atoms with van der Waals surface area (Å²) in [5.74, 6) is 0. The second-order valence-corrected chi connectivity index (χ2v) is 3.46. The van der Waals surface area contributed by atoms with Crippen molar-refractivity contribution in [3.05, 3.63) is 35.7 Å². The molecule has 3 aromatic rings. The lowest BCUT2D eigenvalue weighted by molar-refractivity contribution is 1.31. The third kappa shape index (κ3) is 0.930. The van der Waals surface area contributed by atoms with Gasteiger partial charge in [0, 0.05) is 23.2 Å². The van der Waals surface area contributed by atoms with Gasteiger partial charge in [-0.3, -0.25) is 4.98 Å². The van der Waals surface area contributed by atoms with Crippen molar-refractivity contribution in [1.29, 1.82) is 0 Å². The lowest BCUT2D eigenvalue weighted by Gasteiger charge is -1.99. The van der Waals surface area contributed by atoms with Crippen LogP contribution in [0, 0.1) is 0 Å². The van der Waals surface area contributed by atoms with Crippen molar-refractivity contribution >= 4 is 33.5 Å². The highest BCUT2D eigenvalue weighted by Crippen LogP contribution is 2.27. The predicted molar refractivity (Wildman–Crippen MR) is 56.4 cm³/mol. The number of aromatic nitrogens is 3. The fourth-order valence-corrected chi connectivity index (χ4v) is 1.87. The molecule has 0 atom stereocenters. The molecule has 0 aliphatic carbocycles. The minimum atomic E-state index is 0.710. The summed E-state index contributed by atoms with van der Waals surface area (Å²) in [5, 5.41) is 2.68. The lowest BCUT2D eigenvalue weighted by Crippen LogP contribution is -1.83. The molecule has 0 spiro atoms. The highest BCUT2D eigenvalue weighted by Gasteiger charge is 2.05. The first-order valence-corrected chi connectivity index (χ1v) is 4.60. The standard InChI is InChI=1S/C10H6ClN3/c11-7-2-4-12-8-5-14-10-6(9(7)8)1-3-13-10/h1-5H,(H,13,14). The van der Waals surface area contributed by atoms with Crippen molar-refractivity contribution in [2.75, 3.05) is 0 Å². The SMILES string of the molecule is Clc1ccnc2cnc3[nH]ccc3c12. The molecule has 3 rings (SSSR count). The van der Waals surface area contributed by atoms with Crippen LogP contribution < -0.4 is 0 Å². The maximum absolute atomic E-state index is 6.11. The number of halogens is 1. The van der Waals surface area contributed by atoms with Gasteiger partial charge >= 0.3 is 0 Å². The summed E-state index contributed by atoms with van der Waals surface area (Å²) >= 11 is 6.11. The number of nitrogens with one attached hydrogen (secondary N) is 1. The smallest absolute Gasteiger partial charge is 0.138 e. The Hall–Kier alpha value is -1.61. The van der Waals surface area contributed by atoms with E-state index in [-0.39, 0.29) is 0 Å². The molecule has 0 bridgehead atoms. The molecule has 0 radical (unpaired) electrons. The minimum absolute atomic E-state index is 0.710. The minimum Gasteiger partial charge on any atom is -0.346 e. The Bertz CT molecular complexity index is 615. The fraction of sp³-hybridized carbons (Fsp3) is 0. The van der Waals surface area contributed by atoms with E-state index in [1.807, 2.05) is 12.3 Å². The van der Waals surface area contributed by atoms with Crippen molar-refractivity contribution in [2.24, 2.45) is 0 Å². The summed E-state index contributed by atoms with van der Waals surface area (Å²) in [4.78, 5) is 11.5. The molecular formula is C10H6ClN3. The lowest BCUT2D eigenvalue weighted by atomic mass is 10.2. The van der Waals surface area contributed by atoms with Crippen LogP contribution in [0.25, 0.3) is 21.9 Å². The molecule has 1 N–H and O–H groups in total. The molecule has 3 heterocycles. The summed E-state index contributed by atoms with van der Waals surface area (Å²) in [6.45, 7) is 0. The van der Waals surface area contributed by atoms with Crippen LogP contribution in [0.1, 0.15) is 0 Å². The average molecular weight is 204 g/mol. The monoisotopic (exact) mass is 203 g/mol. The first kappa shape index (κ1) is 7.76. The van der Waals surface area contributed by atoms with Crippen molar-refractivity contribution in [2.45, 2.75) is 0 Å². The van der Waals surface area contributed by atoms with E-state index in [1.165, 1.54) is 0 Å². The van der Waals surface area contributed by atoms with Gasteiger partial charge in [-0.05, 0) is 12.1 Å². The number of nitrogens with zero attached hydrogens (tertiary/aromatic N) is 2. The zero-order valence-electron chi connectivity index (χ0n) is 7.16. The number of hydrogen-bond donors (Lipinski definition) is 1. The molecule has 0 aliphatic heterocycles. The topological polar surface area (TPSA) is 41.6 Å². The molecule has 0 saturated heterocycles. The third-order valence-electron chi connectivity index (χ3n) is 2.24. The van der Waals surface area contributed by atoms with Gasteiger partial charge in [0.25, 0.3) is 0 Å². The Kier molecular flexibility index (Phi) is 1.49. The molecule has 0 amide bonds. The molecule has 14 heavy (non-hydrogen) atoms. The van der Waals surface area contributed by atoms with Crippen LogP contribution in [0.4, 0.5) is 0 Å². The second-order valence-electron chi connectivity index (χ2n) is 3.05. The zero-order valence-corrected chi connectivity index (χ0v) is 7.92. The fourth-order valence-electron chi connectivity index (χ4n) is 1.61. The number of aromatic amines is 1. The first-order chi connectivity index (χ1) is 6.86. The Balaban J connectivity index is 2.67. The number of pyridine rings is 2. The quantitative estimate of drug-likeness (QED) is 0.611. The Labute approximate surface area is 84.7 Å². The van der Waals surface area contributed by atoms with Gasteiger partial charge in [-0.1, -0.05) is 11.6 Å². The van der Waals surface area contributed by atoms with E-state index in [1.54, 1.807) is 18.5 Å².